The molecule has 92 valence electrons. The van der Waals surface area contributed by atoms with Crippen LogP contribution in [0, 0.1) is 0 Å². The van der Waals surface area contributed by atoms with Gasteiger partial charge in [-0.25, -0.2) is 0 Å². The van der Waals surface area contributed by atoms with Gasteiger partial charge in [-0.3, -0.25) is 4.79 Å². The molecule has 17 heavy (non-hydrogen) atoms. The van der Waals surface area contributed by atoms with Crippen LogP contribution < -0.4 is 4.74 Å². The molecule has 1 aromatic carbocycles. The molecule has 0 saturated carbocycles. The predicted molar refractivity (Wildman–Crippen MR) is 63.5 cm³/mol. The van der Waals surface area contributed by atoms with Crippen LogP contribution >= 0.6 is 0 Å². The summed E-state index contributed by atoms with van der Waals surface area (Å²) in [5.41, 5.74) is 0.790. The fourth-order valence-corrected chi connectivity index (χ4v) is 1.29. The van der Waals surface area contributed by atoms with Crippen molar-refractivity contribution in [1.29, 1.82) is 0 Å². The number of hydrogen-bond acceptors (Lipinski definition) is 4. The van der Waals surface area contributed by atoms with Gasteiger partial charge in [0.1, 0.15) is 5.75 Å². The smallest absolute Gasteiger partial charge is 0.307 e. The van der Waals surface area contributed by atoms with E-state index in [4.69, 9.17) is 4.74 Å². The minimum atomic E-state index is -0.618. The maximum atomic E-state index is 10.5. The average Bonchev–Trinajstić information content (AvgIpc) is 2.34. The molecule has 0 fully saturated rings. The van der Waals surface area contributed by atoms with Crippen LogP contribution in [0.5, 0.6) is 5.75 Å². The first-order valence-corrected chi connectivity index (χ1v) is 5.27. The fourth-order valence-electron chi connectivity index (χ4n) is 1.29. The molecule has 4 heteroatoms. The zero-order chi connectivity index (χ0) is 12.7. The van der Waals surface area contributed by atoms with E-state index in [0.717, 1.165) is 11.3 Å². The van der Waals surface area contributed by atoms with Crippen molar-refractivity contribution in [2.24, 2.45) is 0 Å². The molecular formula is C13H16O4. The number of rotatable bonds is 5. The molecular weight excluding hydrogens is 220 g/mol. The minimum absolute atomic E-state index is 0.375. The number of methoxy groups -OCH3 is 1. The van der Waals surface area contributed by atoms with Crippen molar-refractivity contribution in [3.8, 4) is 5.75 Å². The predicted octanol–water partition coefficient (Wildman–Crippen LogP) is 2.20. The Morgan fingerprint density at radius 3 is 2.59 bits per heavy atom. The first-order valence-electron chi connectivity index (χ1n) is 5.27. The lowest BCUT2D eigenvalue weighted by Gasteiger charge is -2.08. The lowest BCUT2D eigenvalue weighted by molar-refractivity contribution is -0.135. The highest BCUT2D eigenvalue weighted by molar-refractivity contribution is 5.66. The van der Waals surface area contributed by atoms with Crippen LogP contribution in [0.25, 0.3) is 0 Å². The van der Waals surface area contributed by atoms with E-state index in [2.05, 4.69) is 4.74 Å². The molecule has 0 radical (unpaired) electrons. The van der Waals surface area contributed by atoms with E-state index in [1.807, 2.05) is 0 Å². The summed E-state index contributed by atoms with van der Waals surface area (Å²) in [6.07, 6.45) is 2.66. The fraction of sp³-hybridized carbons (Fsp3) is 0.308. The van der Waals surface area contributed by atoms with Gasteiger partial charge in [0.25, 0.3) is 0 Å². The molecule has 1 aromatic rings. The summed E-state index contributed by atoms with van der Waals surface area (Å²) in [4.78, 5) is 10.5. The number of esters is 1. The summed E-state index contributed by atoms with van der Waals surface area (Å²) in [6.45, 7) is 1.32. The van der Waals surface area contributed by atoms with Gasteiger partial charge in [-0.2, -0.15) is 0 Å². The number of benzene rings is 1. The van der Waals surface area contributed by atoms with E-state index in [-0.39, 0.29) is 5.97 Å². The van der Waals surface area contributed by atoms with Crippen molar-refractivity contribution < 1.29 is 19.4 Å². The number of carbonyl (C=O) groups is 1. The third kappa shape index (κ3) is 4.70. The molecule has 0 amide bonds. The van der Waals surface area contributed by atoms with Crippen LogP contribution in [0.3, 0.4) is 0 Å². The van der Waals surface area contributed by atoms with Gasteiger partial charge in [0.2, 0.25) is 0 Å². The molecule has 0 aromatic heterocycles. The molecule has 0 aliphatic carbocycles. The number of ether oxygens (including phenoxy) is 2. The molecule has 1 rings (SSSR count). The Kier molecular flexibility index (Phi) is 5.23. The molecule has 0 spiro atoms. The van der Waals surface area contributed by atoms with Gasteiger partial charge in [-0.1, -0.05) is 12.1 Å². The summed E-state index contributed by atoms with van der Waals surface area (Å²) >= 11 is 0. The van der Waals surface area contributed by atoms with Gasteiger partial charge in [-0.15, -0.1) is 0 Å². The Balaban J connectivity index is 2.48. The van der Waals surface area contributed by atoms with E-state index in [9.17, 15) is 9.90 Å². The third-order valence-electron chi connectivity index (χ3n) is 2.19. The topological polar surface area (TPSA) is 55.8 Å². The molecule has 0 aliphatic heterocycles. The van der Waals surface area contributed by atoms with Crippen LogP contribution in [0.15, 0.2) is 36.6 Å². The van der Waals surface area contributed by atoms with Gasteiger partial charge < -0.3 is 14.6 Å². The SMILES string of the molecule is COc1ccc(C(O)C/C=C\OC(C)=O)cc1. The van der Waals surface area contributed by atoms with Crippen molar-refractivity contribution in [3.05, 3.63) is 42.2 Å². The van der Waals surface area contributed by atoms with E-state index < -0.39 is 6.10 Å². The Hall–Kier alpha value is -1.81. The third-order valence-corrected chi connectivity index (χ3v) is 2.19. The van der Waals surface area contributed by atoms with E-state index in [1.165, 1.54) is 13.2 Å². The first kappa shape index (κ1) is 13.3. The molecule has 4 nitrogen and oxygen atoms in total. The van der Waals surface area contributed by atoms with Gasteiger partial charge in [0, 0.05) is 6.92 Å². The maximum absolute atomic E-state index is 10.5. The van der Waals surface area contributed by atoms with E-state index in [0.29, 0.717) is 6.42 Å². The zero-order valence-corrected chi connectivity index (χ0v) is 9.92. The summed E-state index contributed by atoms with van der Waals surface area (Å²) in [5.74, 6) is 0.372. The molecule has 1 atom stereocenters. The Bertz CT molecular complexity index is 381. The van der Waals surface area contributed by atoms with Crippen LogP contribution in [-0.2, 0) is 9.53 Å². The lowest BCUT2D eigenvalue weighted by Crippen LogP contribution is -1.96. The van der Waals surface area contributed by atoms with Gasteiger partial charge in [0.05, 0.1) is 19.5 Å². The van der Waals surface area contributed by atoms with Crippen molar-refractivity contribution in [2.45, 2.75) is 19.4 Å². The first-order chi connectivity index (χ1) is 8.13. The summed E-state index contributed by atoms with van der Waals surface area (Å²) in [5, 5.41) is 9.82. The highest BCUT2D eigenvalue weighted by atomic mass is 16.5. The van der Waals surface area contributed by atoms with Crippen molar-refractivity contribution in [1.82, 2.24) is 0 Å². The molecule has 0 aliphatic rings. The average molecular weight is 236 g/mol. The summed E-state index contributed by atoms with van der Waals surface area (Å²) in [6, 6.07) is 7.16. The van der Waals surface area contributed by atoms with E-state index in [1.54, 1.807) is 37.5 Å². The Morgan fingerprint density at radius 1 is 1.41 bits per heavy atom. The van der Waals surface area contributed by atoms with Crippen LogP contribution in [0.2, 0.25) is 0 Å². The zero-order valence-electron chi connectivity index (χ0n) is 9.92. The Labute approximate surface area is 100 Å². The molecule has 1 N–H and O–H groups in total. The van der Waals surface area contributed by atoms with Crippen molar-refractivity contribution >= 4 is 5.97 Å². The standard InChI is InChI=1S/C13H16O4/c1-10(14)17-9-3-4-13(15)11-5-7-12(16-2)8-6-11/h3,5-9,13,15H,4H2,1-2H3/b9-3-. The van der Waals surface area contributed by atoms with Crippen molar-refractivity contribution in [2.75, 3.05) is 7.11 Å². The largest absolute Gasteiger partial charge is 0.497 e. The molecule has 0 heterocycles. The Morgan fingerprint density at radius 2 is 2.06 bits per heavy atom. The highest BCUT2D eigenvalue weighted by Crippen LogP contribution is 2.20. The molecule has 0 saturated heterocycles. The number of aliphatic hydroxyl groups excluding tert-OH is 1. The second kappa shape index (κ2) is 6.70. The quantitative estimate of drug-likeness (QED) is 0.629. The minimum Gasteiger partial charge on any atom is -0.497 e. The normalized spacial score (nSPS) is 12.4. The van der Waals surface area contributed by atoms with Gasteiger partial charge in [0.15, 0.2) is 0 Å². The highest BCUT2D eigenvalue weighted by Gasteiger charge is 2.05. The number of hydrogen-bond donors (Lipinski definition) is 1. The van der Waals surface area contributed by atoms with Crippen LogP contribution in [0.1, 0.15) is 25.0 Å². The van der Waals surface area contributed by atoms with Gasteiger partial charge >= 0.3 is 5.97 Å². The lowest BCUT2D eigenvalue weighted by atomic mass is 10.1. The monoisotopic (exact) mass is 236 g/mol. The number of carbonyl (C=O) groups excluding carboxylic acids is 1. The van der Waals surface area contributed by atoms with Crippen LogP contribution in [-0.4, -0.2) is 18.2 Å². The summed E-state index contributed by atoms with van der Waals surface area (Å²) < 4.78 is 9.63. The van der Waals surface area contributed by atoms with E-state index >= 15 is 0 Å². The number of aliphatic hydroxyl groups is 1. The van der Waals surface area contributed by atoms with Crippen molar-refractivity contribution in [3.63, 3.8) is 0 Å². The van der Waals surface area contributed by atoms with Gasteiger partial charge in [-0.05, 0) is 30.2 Å². The molecule has 1 unspecified atom stereocenters. The van der Waals surface area contributed by atoms with Crippen LogP contribution in [0.4, 0.5) is 0 Å². The summed E-state index contributed by atoms with van der Waals surface area (Å²) in [7, 11) is 1.59. The second-order valence-electron chi connectivity index (χ2n) is 3.51. The molecule has 0 bridgehead atoms. The second-order valence-corrected chi connectivity index (χ2v) is 3.51. The maximum Gasteiger partial charge on any atom is 0.307 e.